The molecule has 0 saturated carbocycles. The lowest BCUT2D eigenvalue weighted by Gasteiger charge is -2.11. The number of nitrogens with one attached hydrogen (secondary N) is 1. The molecule has 4 rings (SSSR count). The Morgan fingerprint density at radius 2 is 2.07 bits per heavy atom. The van der Waals surface area contributed by atoms with Gasteiger partial charge in [0.2, 0.25) is 0 Å². The maximum Gasteiger partial charge on any atom is 0.349 e. The van der Waals surface area contributed by atoms with Crippen molar-refractivity contribution in [3.63, 3.8) is 0 Å². The van der Waals surface area contributed by atoms with Gasteiger partial charge >= 0.3 is 5.63 Å². The summed E-state index contributed by atoms with van der Waals surface area (Å²) < 4.78 is 11.5. The predicted molar refractivity (Wildman–Crippen MR) is 108 cm³/mol. The summed E-state index contributed by atoms with van der Waals surface area (Å²) in [5.74, 6) is -0.182. The van der Waals surface area contributed by atoms with Gasteiger partial charge in [0.25, 0.3) is 5.91 Å². The third-order valence-corrected chi connectivity index (χ3v) is 5.50. The highest BCUT2D eigenvalue weighted by atomic mass is 32.1. The molecule has 2 heterocycles. The molecule has 1 unspecified atom stereocenters. The lowest BCUT2D eigenvalue weighted by molar-refractivity contribution is 0.0913. The lowest BCUT2D eigenvalue weighted by Crippen LogP contribution is -2.31. The molecule has 0 radical (unpaired) electrons. The van der Waals surface area contributed by atoms with Gasteiger partial charge in [0.05, 0.1) is 13.2 Å². The minimum Gasteiger partial charge on any atom is -0.493 e. The van der Waals surface area contributed by atoms with Crippen LogP contribution < -0.4 is 15.7 Å². The minimum absolute atomic E-state index is 0.0187. The zero-order valence-electron chi connectivity index (χ0n) is 15.0. The molecule has 0 spiro atoms. The fourth-order valence-corrected chi connectivity index (χ4v) is 4.10. The zero-order chi connectivity index (χ0) is 19.7. The monoisotopic (exact) mass is 395 g/mol. The second kappa shape index (κ2) is 7.46. The summed E-state index contributed by atoms with van der Waals surface area (Å²) in [4.78, 5) is 24.7. The van der Waals surface area contributed by atoms with Gasteiger partial charge in [0, 0.05) is 22.2 Å². The molecule has 6 nitrogen and oxygen atoms in total. The number of benzene rings is 2. The fourth-order valence-electron chi connectivity index (χ4n) is 3.09. The Balaban J connectivity index is 1.55. The molecule has 0 saturated heterocycles. The van der Waals surface area contributed by atoms with Crippen LogP contribution in [0.5, 0.6) is 5.75 Å². The van der Waals surface area contributed by atoms with Crippen molar-refractivity contribution in [3.8, 4) is 5.75 Å². The van der Waals surface area contributed by atoms with Crippen LogP contribution in [-0.4, -0.2) is 24.7 Å². The maximum atomic E-state index is 12.5. The minimum atomic E-state index is -0.882. The molecule has 2 aromatic carbocycles. The molecule has 1 atom stereocenters. The Morgan fingerprint density at radius 1 is 1.25 bits per heavy atom. The first kappa shape index (κ1) is 18.2. The molecular formula is C21H17NO5S. The molecular weight excluding hydrogens is 378 g/mol. The number of thiophene rings is 1. The summed E-state index contributed by atoms with van der Waals surface area (Å²) in [5.41, 5.74) is 0.153. The van der Waals surface area contributed by atoms with Crippen molar-refractivity contribution in [3.05, 3.63) is 75.5 Å². The topological polar surface area (TPSA) is 88.8 Å². The van der Waals surface area contributed by atoms with E-state index in [1.165, 1.54) is 24.5 Å². The van der Waals surface area contributed by atoms with Crippen molar-refractivity contribution in [2.45, 2.75) is 6.10 Å². The van der Waals surface area contributed by atoms with Crippen LogP contribution in [-0.2, 0) is 0 Å². The standard InChI is InChI=1S/C21H17NO5S/c1-26-17-7-4-5-12-9-14(21(25)27-19(12)17)20(24)22-10-16(23)15-11-28-18-8-3-2-6-13(15)18/h2-9,11,16,23H,10H2,1H3,(H,22,24). The summed E-state index contributed by atoms with van der Waals surface area (Å²) in [6.45, 7) is -0.0187. The van der Waals surface area contributed by atoms with Crippen molar-refractivity contribution in [2.24, 2.45) is 0 Å². The van der Waals surface area contributed by atoms with E-state index in [0.717, 1.165) is 15.6 Å². The van der Waals surface area contributed by atoms with Gasteiger partial charge in [-0.15, -0.1) is 11.3 Å². The first-order valence-corrected chi connectivity index (χ1v) is 9.49. The SMILES string of the molecule is COc1cccc2cc(C(=O)NCC(O)c3csc4ccccc34)c(=O)oc12. The number of aliphatic hydroxyl groups is 1. The van der Waals surface area contributed by atoms with E-state index in [1.54, 1.807) is 18.2 Å². The molecule has 0 aliphatic heterocycles. The van der Waals surface area contributed by atoms with Gasteiger partial charge in [-0.25, -0.2) is 4.79 Å². The highest BCUT2D eigenvalue weighted by molar-refractivity contribution is 7.17. The number of fused-ring (bicyclic) bond motifs is 2. The van der Waals surface area contributed by atoms with Crippen LogP contribution in [0.15, 0.2) is 63.1 Å². The van der Waals surface area contributed by atoms with E-state index >= 15 is 0 Å². The number of hydrogen-bond acceptors (Lipinski definition) is 6. The number of ether oxygens (including phenoxy) is 1. The molecule has 2 N–H and O–H groups in total. The number of amides is 1. The van der Waals surface area contributed by atoms with E-state index in [-0.39, 0.29) is 17.7 Å². The largest absolute Gasteiger partial charge is 0.493 e. The van der Waals surface area contributed by atoms with Gasteiger partial charge in [0.15, 0.2) is 11.3 Å². The Kier molecular flexibility index (Phi) is 4.85. The third-order valence-electron chi connectivity index (χ3n) is 4.51. The Morgan fingerprint density at radius 3 is 2.89 bits per heavy atom. The van der Waals surface area contributed by atoms with Gasteiger partial charge < -0.3 is 19.6 Å². The van der Waals surface area contributed by atoms with Gasteiger partial charge in [-0.05, 0) is 29.0 Å². The average molecular weight is 395 g/mol. The quantitative estimate of drug-likeness (QED) is 0.505. The molecule has 0 aliphatic carbocycles. The van der Waals surface area contributed by atoms with Crippen molar-refractivity contribution >= 4 is 38.3 Å². The molecule has 0 aliphatic rings. The van der Waals surface area contributed by atoms with Gasteiger partial charge in [0.1, 0.15) is 5.56 Å². The fraction of sp³-hybridized carbons (Fsp3) is 0.143. The second-order valence-corrected chi connectivity index (χ2v) is 7.15. The number of carbonyl (C=O) groups is 1. The molecule has 7 heteroatoms. The first-order valence-electron chi connectivity index (χ1n) is 8.61. The first-order chi connectivity index (χ1) is 13.6. The predicted octanol–water partition coefficient (Wildman–Crippen LogP) is 3.48. The smallest absolute Gasteiger partial charge is 0.349 e. The number of para-hydroxylation sites is 1. The number of methoxy groups -OCH3 is 1. The number of carbonyl (C=O) groups excluding carboxylic acids is 1. The molecule has 0 bridgehead atoms. The average Bonchev–Trinajstić information content (AvgIpc) is 3.15. The lowest BCUT2D eigenvalue weighted by atomic mass is 10.1. The molecule has 1 amide bonds. The molecule has 4 aromatic rings. The summed E-state index contributed by atoms with van der Waals surface area (Å²) >= 11 is 1.53. The summed E-state index contributed by atoms with van der Waals surface area (Å²) in [6.07, 6.45) is -0.882. The van der Waals surface area contributed by atoms with E-state index in [1.807, 2.05) is 29.6 Å². The van der Waals surface area contributed by atoms with Crippen LogP contribution in [0.25, 0.3) is 21.1 Å². The summed E-state index contributed by atoms with van der Waals surface area (Å²) in [5, 5.41) is 16.5. The number of rotatable bonds is 5. The van der Waals surface area contributed by atoms with Gasteiger partial charge in [-0.3, -0.25) is 4.79 Å². The second-order valence-electron chi connectivity index (χ2n) is 6.24. The Labute approximate surface area is 164 Å². The van der Waals surface area contributed by atoms with Crippen molar-refractivity contribution < 1.29 is 19.1 Å². The van der Waals surface area contributed by atoms with Crippen molar-refractivity contribution in [1.82, 2.24) is 5.32 Å². The maximum absolute atomic E-state index is 12.5. The van der Waals surface area contributed by atoms with Crippen molar-refractivity contribution in [1.29, 1.82) is 0 Å². The van der Waals surface area contributed by atoms with E-state index < -0.39 is 17.6 Å². The van der Waals surface area contributed by atoms with E-state index in [0.29, 0.717) is 11.1 Å². The number of aliphatic hydroxyl groups excluding tert-OH is 1. The van der Waals surface area contributed by atoms with Gasteiger partial charge in [-0.2, -0.15) is 0 Å². The normalized spacial score (nSPS) is 12.2. The Hall–Kier alpha value is -3.16. The molecule has 28 heavy (non-hydrogen) atoms. The van der Waals surface area contributed by atoms with E-state index in [9.17, 15) is 14.7 Å². The highest BCUT2D eigenvalue weighted by Gasteiger charge is 2.18. The van der Waals surface area contributed by atoms with Crippen LogP contribution in [0.1, 0.15) is 22.0 Å². The summed E-state index contributed by atoms with van der Waals surface area (Å²) in [7, 11) is 1.48. The van der Waals surface area contributed by atoms with Crippen LogP contribution in [0.4, 0.5) is 0 Å². The highest BCUT2D eigenvalue weighted by Crippen LogP contribution is 2.30. The van der Waals surface area contributed by atoms with Crippen LogP contribution in [0, 0.1) is 0 Å². The van der Waals surface area contributed by atoms with E-state index in [4.69, 9.17) is 9.15 Å². The molecule has 142 valence electrons. The number of hydrogen-bond donors (Lipinski definition) is 2. The van der Waals surface area contributed by atoms with Gasteiger partial charge in [-0.1, -0.05) is 30.3 Å². The third kappa shape index (κ3) is 3.26. The van der Waals surface area contributed by atoms with Crippen molar-refractivity contribution in [2.75, 3.05) is 13.7 Å². The van der Waals surface area contributed by atoms with Crippen LogP contribution >= 0.6 is 11.3 Å². The summed E-state index contributed by atoms with van der Waals surface area (Å²) in [6, 6.07) is 14.3. The van der Waals surface area contributed by atoms with Crippen LogP contribution in [0.2, 0.25) is 0 Å². The Bertz CT molecular complexity index is 1230. The molecule has 0 fully saturated rings. The van der Waals surface area contributed by atoms with E-state index in [2.05, 4.69) is 5.32 Å². The van der Waals surface area contributed by atoms with Crippen LogP contribution in [0.3, 0.4) is 0 Å². The molecule has 2 aromatic heterocycles. The zero-order valence-corrected chi connectivity index (χ0v) is 15.8.